The van der Waals surface area contributed by atoms with E-state index >= 15 is 0 Å². The van der Waals surface area contributed by atoms with Crippen molar-refractivity contribution in [3.63, 3.8) is 0 Å². The van der Waals surface area contributed by atoms with Gasteiger partial charge in [-0.05, 0) is 23.3 Å². The second-order valence-electron chi connectivity index (χ2n) is 7.39. The quantitative estimate of drug-likeness (QED) is 0.617. The second kappa shape index (κ2) is 9.50. The van der Waals surface area contributed by atoms with Gasteiger partial charge in [-0.25, -0.2) is 4.98 Å². The van der Waals surface area contributed by atoms with Gasteiger partial charge in [-0.1, -0.05) is 36.4 Å². The molecule has 0 spiro atoms. The average molecular weight is 405 g/mol. The average Bonchev–Trinajstić information content (AvgIpc) is 2.99. The summed E-state index contributed by atoms with van der Waals surface area (Å²) in [5.74, 6) is 2.31. The summed E-state index contributed by atoms with van der Waals surface area (Å²) in [5.41, 5.74) is 4.81. The molecule has 0 saturated carbocycles. The molecule has 156 valence electrons. The highest BCUT2D eigenvalue weighted by Gasteiger charge is 2.15. The molecule has 6 heteroatoms. The number of nitrogens with one attached hydrogen (secondary N) is 2. The van der Waals surface area contributed by atoms with E-state index in [1.54, 1.807) is 14.2 Å². The van der Waals surface area contributed by atoms with Crippen molar-refractivity contribution in [2.24, 2.45) is 0 Å². The number of methoxy groups -OCH3 is 2. The minimum atomic E-state index is 0.659. The maximum Gasteiger partial charge on any atom is 0.161 e. The molecule has 0 unspecified atom stereocenters. The van der Waals surface area contributed by atoms with E-state index in [4.69, 9.17) is 9.47 Å². The Morgan fingerprint density at radius 1 is 1.00 bits per heavy atom. The first kappa shape index (κ1) is 20.0. The van der Waals surface area contributed by atoms with Gasteiger partial charge in [0.15, 0.2) is 11.5 Å². The molecule has 0 bridgehead atoms. The van der Waals surface area contributed by atoms with Crippen molar-refractivity contribution in [2.75, 3.05) is 37.9 Å². The molecule has 4 rings (SSSR count). The summed E-state index contributed by atoms with van der Waals surface area (Å²) in [5, 5.41) is 6.96. The van der Waals surface area contributed by atoms with E-state index in [2.05, 4.69) is 56.9 Å². The lowest BCUT2D eigenvalue weighted by Gasteiger charge is -2.19. The van der Waals surface area contributed by atoms with Crippen LogP contribution in [-0.2, 0) is 19.6 Å². The van der Waals surface area contributed by atoms with Crippen LogP contribution in [0.1, 0.15) is 16.7 Å². The number of benzene rings is 2. The number of fused-ring (bicyclic) bond motifs is 1. The first-order valence-electron chi connectivity index (χ1n) is 10.2. The smallest absolute Gasteiger partial charge is 0.161 e. The monoisotopic (exact) mass is 404 g/mol. The Morgan fingerprint density at radius 2 is 1.83 bits per heavy atom. The number of rotatable bonds is 7. The van der Waals surface area contributed by atoms with Crippen LogP contribution in [-0.4, -0.2) is 37.2 Å². The first-order valence-corrected chi connectivity index (χ1v) is 10.2. The van der Waals surface area contributed by atoms with Crippen LogP contribution in [0.2, 0.25) is 0 Å². The normalized spacial score (nSPS) is 13.7. The molecule has 1 aliphatic rings. The predicted molar refractivity (Wildman–Crippen MR) is 120 cm³/mol. The molecule has 0 atom stereocenters. The zero-order valence-corrected chi connectivity index (χ0v) is 17.5. The molecule has 0 saturated heterocycles. The van der Waals surface area contributed by atoms with Gasteiger partial charge in [-0.3, -0.25) is 4.90 Å². The van der Waals surface area contributed by atoms with Gasteiger partial charge in [-0.15, -0.1) is 0 Å². The highest BCUT2D eigenvalue weighted by Crippen LogP contribution is 2.28. The highest BCUT2D eigenvalue weighted by atomic mass is 16.5. The minimum absolute atomic E-state index is 0.659. The van der Waals surface area contributed by atoms with Gasteiger partial charge in [0.1, 0.15) is 5.82 Å². The Labute approximate surface area is 177 Å². The van der Waals surface area contributed by atoms with Crippen molar-refractivity contribution in [1.82, 2.24) is 9.88 Å². The van der Waals surface area contributed by atoms with Crippen LogP contribution in [0.5, 0.6) is 11.5 Å². The Kier molecular flexibility index (Phi) is 6.35. The van der Waals surface area contributed by atoms with Gasteiger partial charge in [0, 0.05) is 56.2 Å². The molecule has 0 aliphatic carbocycles. The van der Waals surface area contributed by atoms with Gasteiger partial charge in [0.05, 0.1) is 14.2 Å². The van der Waals surface area contributed by atoms with Crippen LogP contribution in [0.15, 0.2) is 60.8 Å². The van der Waals surface area contributed by atoms with Crippen molar-refractivity contribution < 1.29 is 9.47 Å². The second-order valence-corrected chi connectivity index (χ2v) is 7.39. The standard InChI is InChI=1S/C24H28N4O2/c1-29-22-9-8-19(12-23(22)30-2)14-26-24-13-21-20(15-27-24)17-28(11-10-25-21)16-18-6-4-3-5-7-18/h3-9,12-13,15,25H,10-11,14,16-17H2,1-2H3,(H,26,27). The first-order chi connectivity index (χ1) is 14.7. The van der Waals surface area contributed by atoms with Gasteiger partial charge in [-0.2, -0.15) is 0 Å². The molecule has 2 aromatic carbocycles. The molecule has 30 heavy (non-hydrogen) atoms. The van der Waals surface area contributed by atoms with Crippen LogP contribution >= 0.6 is 0 Å². The fourth-order valence-electron chi connectivity index (χ4n) is 3.70. The van der Waals surface area contributed by atoms with E-state index in [9.17, 15) is 0 Å². The van der Waals surface area contributed by atoms with E-state index in [1.807, 2.05) is 24.4 Å². The maximum absolute atomic E-state index is 5.39. The molecule has 0 fully saturated rings. The number of nitrogens with zero attached hydrogens (tertiary/aromatic N) is 2. The molecule has 0 radical (unpaired) electrons. The molecule has 0 amide bonds. The van der Waals surface area contributed by atoms with Crippen molar-refractivity contribution in [3.05, 3.63) is 77.5 Å². The number of anilines is 2. The van der Waals surface area contributed by atoms with Gasteiger partial charge in [0.2, 0.25) is 0 Å². The largest absolute Gasteiger partial charge is 0.493 e. The molecular formula is C24H28N4O2. The summed E-state index contributed by atoms with van der Waals surface area (Å²) >= 11 is 0. The number of aromatic nitrogens is 1. The molecule has 2 heterocycles. The summed E-state index contributed by atoms with van der Waals surface area (Å²) < 4.78 is 10.7. The third-order valence-corrected chi connectivity index (χ3v) is 5.29. The Bertz CT molecular complexity index is 978. The van der Waals surface area contributed by atoms with Gasteiger partial charge >= 0.3 is 0 Å². The van der Waals surface area contributed by atoms with E-state index in [1.165, 1.54) is 11.1 Å². The van der Waals surface area contributed by atoms with Gasteiger partial charge < -0.3 is 20.1 Å². The minimum Gasteiger partial charge on any atom is -0.493 e. The lowest BCUT2D eigenvalue weighted by Crippen LogP contribution is -2.25. The summed E-state index contributed by atoms with van der Waals surface area (Å²) in [7, 11) is 3.29. The summed E-state index contributed by atoms with van der Waals surface area (Å²) in [6.45, 7) is 4.41. The van der Waals surface area contributed by atoms with Crippen LogP contribution in [0, 0.1) is 0 Å². The molecule has 2 N–H and O–H groups in total. The van der Waals surface area contributed by atoms with Crippen molar-refractivity contribution in [1.29, 1.82) is 0 Å². The fraction of sp³-hybridized carbons (Fsp3) is 0.292. The van der Waals surface area contributed by atoms with Crippen LogP contribution in [0.4, 0.5) is 11.5 Å². The zero-order chi connectivity index (χ0) is 20.8. The summed E-state index contributed by atoms with van der Waals surface area (Å²) in [6, 6.07) is 18.6. The van der Waals surface area contributed by atoms with Crippen molar-refractivity contribution in [3.8, 4) is 11.5 Å². The van der Waals surface area contributed by atoms with Crippen LogP contribution in [0.3, 0.4) is 0 Å². The van der Waals surface area contributed by atoms with Crippen LogP contribution in [0.25, 0.3) is 0 Å². The molecular weight excluding hydrogens is 376 g/mol. The third kappa shape index (κ3) is 4.83. The van der Waals surface area contributed by atoms with Crippen molar-refractivity contribution >= 4 is 11.5 Å². The number of hydrogen-bond donors (Lipinski definition) is 2. The summed E-state index contributed by atoms with van der Waals surface area (Å²) in [4.78, 5) is 7.08. The third-order valence-electron chi connectivity index (χ3n) is 5.29. The topological polar surface area (TPSA) is 58.7 Å². The van der Waals surface area contributed by atoms with E-state index < -0.39 is 0 Å². The van der Waals surface area contributed by atoms with E-state index in [-0.39, 0.29) is 0 Å². The SMILES string of the molecule is COc1ccc(CNc2cc3c(cn2)CN(Cc2ccccc2)CCN3)cc1OC. The Hall–Kier alpha value is -3.25. The molecule has 1 aromatic heterocycles. The number of ether oxygens (including phenoxy) is 2. The zero-order valence-electron chi connectivity index (χ0n) is 17.5. The fourth-order valence-corrected chi connectivity index (χ4v) is 3.70. The van der Waals surface area contributed by atoms with E-state index in [0.717, 1.165) is 54.7 Å². The maximum atomic E-state index is 5.39. The highest BCUT2D eigenvalue weighted by molar-refractivity contribution is 5.58. The van der Waals surface area contributed by atoms with Gasteiger partial charge in [0.25, 0.3) is 0 Å². The molecule has 3 aromatic rings. The lowest BCUT2D eigenvalue weighted by molar-refractivity contribution is 0.271. The molecule has 6 nitrogen and oxygen atoms in total. The number of pyridine rings is 1. The number of hydrogen-bond acceptors (Lipinski definition) is 6. The summed E-state index contributed by atoms with van der Waals surface area (Å²) in [6.07, 6.45) is 1.97. The van der Waals surface area contributed by atoms with Crippen LogP contribution < -0.4 is 20.1 Å². The Morgan fingerprint density at radius 3 is 2.63 bits per heavy atom. The molecule has 1 aliphatic heterocycles. The predicted octanol–water partition coefficient (Wildman–Crippen LogP) is 4.14. The Balaban J connectivity index is 1.41. The van der Waals surface area contributed by atoms with Crippen molar-refractivity contribution in [2.45, 2.75) is 19.6 Å². The van der Waals surface area contributed by atoms with E-state index in [0.29, 0.717) is 6.54 Å². The lowest BCUT2D eigenvalue weighted by atomic mass is 10.2.